The fourth-order valence-corrected chi connectivity index (χ4v) is 2.40. The summed E-state index contributed by atoms with van der Waals surface area (Å²) in [4.78, 5) is 24.2. The number of alkyl halides is 1. The summed E-state index contributed by atoms with van der Waals surface area (Å²) < 4.78 is 0. The van der Waals surface area contributed by atoms with Crippen LogP contribution >= 0.6 is 15.9 Å². The zero-order chi connectivity index (χ0) is 14.8. The molecule has 3 nitrogen and oxygen atoms in total. The third-order valence-corrected chi connectivity index (χ3v) is 3.66. The molecule has 0 aliphatic heterocycles. The van der Waals surface area contributed by atoms with Crippen molar-refractivity contribution in [3.8, 4) is 0 Å². The number of carbonyl (C=O) groups excluding carboxylic acids is 2. The van der Waals surface area contributed by atoms with Crippen molar-refractivity contribution in [3.05, 3.63) is 35.9 Å². The first-order valence-electron chi connectivity index (χ1n) is 7.13. The molecule has 1 aromatic carbocycles. The number of rotatable bonds is 9. The fourth-order valence-electron chi connectivity index (χ4n) is 2.01. The summed E-state index contributed by atoms with van der Waals surface area (Å²) in [5.74, 6) is -0.0368. The van der Waals surface area contributed by atoms with Crippen molar-refractivity contribution >= 4 is 27.6 Å². The fraction of sp³-hybridized carbons (Fsp3) is 0.500. The topological polar surface area (TPSA) is 46.2 Å². The molecule has 20 heavy (non-hydrogen) atoms. The number of nitrogens with one attached hydrogen (secondary N) is 1. The number of benzene rings is 1. The quantitative estimate of drug-likeness (QED) is 0.550. The molecular formula is C16H22BrNO2. The molecule has 1 aromatic rings. The molecular weight excluding hydrogens is 318 g/mol. The molecule has 0 unspecified atom stereocenters. The zero-order valence-electron chi connectivity index (χ0n) is 11.9. The van der Waals surface area contributed by atoms with Crippen LogP contribution in [0.25, 0.3) is 0 Å². The molecule has 0 aliphatic carbocycles. The number of amides is 1. The van der Waals surface area contributed by atoms with E-state index in [2.05, 4.69) is 21.2 Å². The van der Waals surface area contributed by atoms with Crippen LogP contribution in [-0.2, 0) is 4.79 Å². The first-order chi connectivity index (χ1) is 9.69. The van der Waals surface area contributed by atoms with E-state index >= 15 is 0 Å². The molecule has 4 heteroatoms. The maximum atomic E-state index is 12.1. The molecule has 0 aromatic heterocycles. The van der Waals surface area contributed by atoms with Crippen molar-refractivity contribution < 1.29 is 9.59 Å². The monoisotopic (exact) mass is 339 g/mol. The summed E-state index contributed by atoms with van der Waals surface area (Å²) in [5, 5.41) is 3.80. The molecule has 0 radical (unpaired) electrons. The van der Waals surface area contributed by atoms with Gasteiger partial charge in [-0.25, -0.2) is 0 Å². The lowest BCUT2D eigenvalue weighted by Gasteiger charge is -2.17. The van der Waals surface area contributed by atoms with E-state index in [0.717, 1.165) is 24.6 Å². The summed E-state index contributed by atoms with van der Waals surface area (Å²) in [6, 6.07) is 8.67. The number of carbonyl (C=O) groups is 2. The number of hydrogen-bond donors (Lipinski definition) is 1. The number of ketones is 1. The van der Waals surface area contributed by atoms with Gasteiger partial charge in [-0.2, -0.15) is 0 Å². The average Bonchev–Trinajstić information content (AvgIpc) is 2.47. The van der Waals surface area contributed by atoms with Gasteiger partial charge in [0.1, 0.15) is 0 Å². The number of unbranched alkanes of at least 4 members (excludes halogenated alkanes) is 1. The van der Waals surface area contributed by atoms with E-state index in [1.54, 1.807) is 12.1 Å². The Kier molecular flexibility index (Phi) is 8.19. The van der Waals surface area contributed by atoms with Crippen LogP contribution in [0.4, 0.5) is 0 Å². The lowest BCUT2D eigenvalue weighted by atomic mass is 10.0. The van der Waals surface area contributed by atoms with Gasteiger partial charge in [0.15, 0.2) is 5.78 Å². The smallest absolute Gasteiger partial charge is 0.251 e. The number of halogens is 1. The third kappa shape index (κ3) is 5.87. The van der Waals surface area contributed by atoms with Crippen LogP contribution in [0, 0.1) is 0 Å². The molecule has 1 amide bonds. The highest BCUT2D eigenvalue weighted by atomic mass is 79.9. The number of hydrogen-bond acceptors (Lipinski definition) is 2. The van der Waals surface area contributed by atoms with Crippen LogP contribution < -0.4 is 5.32 Å². The van der Waals surface area contributed by atoms with Crippen LogP contribution in [0.2, 0.25) is 0 Å². The second kappa shape index (κ2) is 9.70. The van der Waals surface area contributed by atoms with E-state index in [1.165, 1.54) is 0 Å². The minimum atomic E-state index is -0.360. The van der Waals surface area contributed by atoms with Gasteiger partial charge < -0.3 is 5.32 Å². The van der Waals surface area contributed by atoms with E-state index in [9.17, 15) is 9.59 Å². The normalized spacial score (nSPS) is 11.9. The third-order valence-electron chi connectivity index (χ3n) is 3.10. The maximum Gasteiger partial charge on any atom is 0.251 e. The molecule has 1 atom stereocenters. The van der Waals surface area contributed by atoms with E-state index in [0.29, 0.717) is 18.4 Å². The largest absolute Gasteiger partial charge is 0.342 e. The van der Waals surface area contributed by atoms with Crippen LogP contribution in [0.3, 0.4) is 0 Å². The summed E-state index contributed by atoms with van der Waals surface area (Å²) >= 11 is 3.38. The van der Waals surface area contributed by atoms with Crippen molar-refractivity contribution in [1.29, 1.82) is 0 Å². The standard InChI is InChI=1S/C16H22BrNO2/c1-2-8-15(19)14(11-6-7-12-17)18-16(20)13-9-4-3-5-10-13/h3-5,9-10,14H,2,6-8,11-12H2,1H3,(H,18,20)/t14-/m0/s1. The van der Waals surface area contributed by atoms with Gasteiger partial charge >= 0.3 is 0 Å². The van der Waals surface area contributed by atoms with E-state index in [1.807, 2.05) is 25.1 Å². The number of Topliss-reactive ketones (excluding diaryl/α,β-unsaturated/α-hetero) is 1. The summed E-state index contributed by atoms with van der Waals surface area (Å²) in [6.07, 6.45) is 3.99. The Balaban J connectivity index is 2.63. The second-order valence-electron chi connectivity index (χ2n) is 4.79. The molecule has 1 rings (SSSR count). The Bertz CT molecular complexity index is 420. The van der Waals surface area contributed by atoms with E-state index < -0.39 is 0 Å². The van der Waals surface area contributed by atoms with Gasteiger partial charge in [0.05, 0.1) is 6.04 Å². The van der Waals surface area contributed by atoms with Crippen molar-refractivity contribution in [3.63, 3.8) is 0 Å². The highest BCUT2D eigenvalue weighted by Gasteiger charge is 2.19. The molecule has 1 N–H and O–H groups in total. The average molecular weight is 340 g/mol. The molecule has 0 heterocycles. The Hall–Kier alpha value is -1.16. The maximum absolute atomic E-state index is 12.1. The van der Waals surface area contributed by atoms with E-state index in [-0.39, 0.29) is 17.7 Å². The zero-order valence-corrected chi connectivity index (χ0v) is 13.5. The summed E-state index contributed by atoms with van der Waals surface area (Å²) in [5.41, 5.74) is 0.599. The Morgan fingerprint density at radius 1 is 1.20 bits per heavy atom. The lowest BCUT2D eigenvalue weighted by Crippen LogP contribution is -2.40. The van der Waals surface area contributed by atoms with Crippen LogP contribution in [-0.4, -0.2) is 23.1 Å². The minimum absolute atomic E-state index is 0.131. The highest BCUT2D eigenvalue weighted by Crippen LogP contribution is 2.08. The van der Waals surface area contributed by atoms with E-state index in [4.69, 9.17) is 0 Å². The Morgan fingerprint density at radius 3 is 2.50 bits per heavy atom. The van der Waals surface area contributed by atoms with Gasteiger partial charge in [0, 0.05) is 17.3 Å². The molecule has 0 saturated carbocycles. The Morgan fingerprint density at radius 2 is 1.90 bits per heavy atom. The predicted octanol–water partition coefficient (Wildman–Crippen LogP) is 3.72. The summed E-state index contributed by atoms with van der Waals surface area (Å²) in [7, 11) is 0. The van der Waals surface area contributed by atoms with Gasteiger partial charge in [0.2, 0.25) is 0 Å². The summed E-state index contributed by atoms with van der Waals surface area (Å²) in [6.45, 7) is 1.98. The molecule has 0 aliphatic rings. The molecule has 110 valence electrons. The van der Waals surface area contributed by atoms with Crippen LogP contribution in [0.5, 0.6) is 0 Å². The van der Waals surface area contributed by atoms with Crippen LogP contribution in [0.15, 0.2) is 30.3 Å². The molecule has 0 spiro atoms. The molecule has 0 saturated heterocycles. The van der Waals surface area contributed by atoms with Crippen LogP contribution in [0.1, 0.15) is 49.4 Å². The molecule has 0 fully saturated rings. The van der Waals surface area contributed by atoms with Crippen molar-refractivity contribution in [2.45, 2.75) is 45.1 Å². The van der Waals surface area contributed by atoms with Crippen molar-refractivity contribution in [2.75, 3.05) is 5.33 Å². The van der Waals surface area contributed by atoms with Crippen molar-refractivity contribution in [1.82, 2.24) is 5.32 Å². The first kappa shape index (κ1) is 16.9. The minimum Gasteiger partial charge on any atom is -0.342 e. The lowest BCUT2D eigenvalue weighted by molar-refractivity contribution is -0.121. The second-order valence-corrected chi connectivity index (χ2v) is 5.59. The van der Waals surface area contributed by atoms with Gasteiger partial charge in [-0.05, 0) is 31.4 Å². The predicted molar refractivity (Wildman–Crippen MR) is 85.3 cm³/mol. The first-order valence-corrected chi connectivity index (χ1v) is 8.25. The van der Waals surface area contributed by atoms with Gasteiger partial charge in [-0.15, -0.1) is 0 Å². The highest BCUT2D eigenvalue weighted by molar-refractivity contribution is 9.09. The molecule has 0 bridgehead atoms. The van der Waals surface area contributed by atoms with Gasteiger partial charge in [-0.3, -0.25) is 9.59 Å². The Labute approximate surface area is 129 Å². The van der Waals surface area contributed by atoms with Gasteiger partial charge in [0.25, 0.3) is 5.91 Å². The van der Waals surface area contributed by atoms with Gasteiger partial charge in [-0.1, -0.05) is 47.5 Å². The SMILES string of the molecule is CCCC(=O)[C@H](CCCCBr)NC(=O)c1ccccc1. The van der Waals surface area contributed by atoms with Crippen molar-refractivity contribution in [2.24, 2.45) is 0 Å².